The molecule has 1 unspecified atom stereocenters. The zero-order valence-corrected chi connectivity index (χ0v) is 12.4. The molecular weight excluding hydrogens is 278 g/mol. The first-order valence-electron chi connectivity index (χ1n) is 7.32. The van der Waals surface area contributed by atoms with Gasteiger partial charge in [0.05, 0.1) is 12.3 Å². The predicted octanol–water partition coefficient (Wildman–Crippen LogP) is 3.03. The average Bonchev–Trinajstić information content (AvgIpc) is 2.97. The maximum Gasteiger partial charge on any atom is 0.331 e. The Bertz CT molecular complexity index is 669. The van der Waals surface area contributed by atoms with E-state index in [-0.39, 0.29) is 12.1 Å². The number of hydrogen-bond donors (Lipinski definition) is 0. The highest BCUT2D eigenvalue weighted by Crippen LogP contribution is 2.34. The van der Waals surface area contributed by atoms with Crippen molar-refractivity contribution >= 4 is 11.5 Å². The first-order chi connectivity index (χ1) is 10.8. The molecule has 1 aromatic heterocycles. The van der Waals surface area contributed by atoms with Gasteiger partial charge in [0.1, 0.15) is 11.9 Å². The maximum absolute atomic E-state index is 11.9. The number of carbonyl (C=O) groups is 1. The van der Waals surface area contributed by atoms with Gasteiger partial charge in [-0.3, -0.25) is 4.98 Å². The molecule has 3 rings (SSSR count). The van der Waals surface area contributed by atoms with Crippen molar-refractivity contribution < 1.29 is 14.3 Å². The number of hydrogen-bond acceptors (Lipinski definition) is 4. The Morgan fingerprint density at radius 3 is 2.86 bits per heavy atom. The number of nitrogens with zero attached hydrogens (tertiary/aromatic N) is 1. The lowest BCUT2D eigenvalue weighted by Crippen LogP contribution is -2.18. The summed E-state index contributed by atoms with van der Waals surface area (Å²) in [7, 11) is 0. The van der Waals surface area contributed by atoms with Crippen LogP contribution < -0.4 is 4.74 Å². The van der Waals surface area contributed by atoms with E-state index in [1.165, 1.54) is 6.08 Å². The fourth-order valence-corrected chi connectivity index (χ4v) is 2.53. The van der Waals surface area contributed by atoms with Gasteiger partial charge in [0.25, 0.3) is 0 Å². The van der Waals surface area contributed by atoms with Crippen LogP contribution in [0, 0.1) is 0 Å². The highest BCUT2D eigenvalue weighted by molar-refractivity contribution is 5.92. The van der Waals surface area contributed by atoms with E-state index in [0.29, 0.717) is 6.61 Å². The average molecular weight is 295 g/mol. The van der Waals surface area contributed by atoms with E-state index in [9.17, 15) is 4.79 Å². The van der Waals surface area contributed by atoms with Crippen LogP contribution in [0.3, 0.4) is 0 Å². The predicted molar refractivity (Wildman–Crippen MR) is 83.4 cm³/mol. The smallest absolute Gasteiger partial charge is 0.331 e. The highest BCUT2D eigenvalue weighted by atomic mass is 16.5. The molecule has 112 valence electrons. The minimum atomic E-state index is -0.372. The van der Waals surface area contributed by atoms with Crippen molar-refractivity contribution in [3.8, 4) is 5.75 Å². The van der Waals surface area contributed by atoms with Crippen LogP contribution in [0.4, 0.5) is 0 Å². The monoisotopic (exact) mass is 295 g/mol. The summed E-state index contributed by atoms with van der Waals surface area (Å²) < 4.78 is 11.0. The lowest BCUT2D eigenvalue weighted by atomic mass is 10.0. The van der Waals surface area contributed by atoms with E-state index in [1.807, 2.05) is 42.5 Å². The Morgan fingerprint density at radius 2 is 2.14 bits per heavy atom. The number of rotatable bonds is 4. The lowest BCUT2D eigenvalue weighted by molar-refractivity contribution is -0.137. The van der Waals surface area contributed by atoms with E-state index in [4.69, 9.17) is 9.47 Å². The van der Waals surface area contributed by atoms with E-state index in [1.54, 1.807) is 13.1 Å². The number of pyridine rings is 1. The summed E-state index contributed by atoms with van der Waals surface area (Å²) in [6.45, 7) is 2.13. The molecule has 1 aliphatic rings. The molecule has 1 aliphatic heterocycles. The second-order valence-electron chi connectivity index (χ2n) is 4.99. The molecule has 4 nitrogen and oxygen atoms in total. The molecular formula is C18H17NO3. The summed E-state index contributed by atoms with van der Waals surface area (Å²) >= 11 is 0. The van der Waals surface area contributed by atoms with Crippen molar-refractivity contribution in [3.63, 3.8) is 0 Å². The standard InChI is InChI=1S/C18H17NO3/c1-2-21-18(20)12-14(15-8-5-6-10-19-15)17-11-13-7-3-4-9-16(13)22-17/h3-10,12,17H,2,11H2,1H3. The highest BCUT2D eigenvalue weighted by Gasteiger charge is 2.28. The van der Waals surface area contributed by atoms with Crippen molar-refractivity contribution in [2.24, 2.45) is 0 Å². The molecule has 0 N–H and O–H groups in total. The van der Waals surface area contributed by atoms with Gasteiger partial charge in [-0.2, -0.15) is 0 Å². The molecule has 0 amide bonds. The zero-order valence-electron chi connectivity index (χ0n) is 12.4. The number of para-hydroxylation sites is 1. The topological polar surface area (TPSA) is 48.4 Å². The van der Waals surface area contributed by atoms with Crippen molar-refractivity contribution in [1.29, 1.82) is 0 Å². The second-order valence-corrected chi connectivity index (χ2v) is 4.99. The van der Waals surface area contributed by atoms with Crippen LogP contribution >= 0.6 is 0 Å². The van der Waals surface area contributed by atoms with Gasteiger partial charge in [-0.25, -0.2) is 4.79 Å². The Kier molecular flexibility index (Phi) is 4.19. The van der Waals surface area contributed by atoms with Crippen molar-refractivity contribution in [2.45, 2.75) is 19.4 Å². The Labute approximate surface area is 129 Å². The number of fused-ring (bicyclic) bond motifs is 1. The molecule has 0 saturated carbocycles. The van der Waals surface area contributed by atoms with Crippen LogP contribution in [0.15, 0.2) is 54.7 Å². The molecule has 0 bridgehead atoms. The largest absolute Gasteiger partial charge is 0.485 e. The van der Waals surface area contributed by atoms with Gasteiger partial charge < -0.3 is 9.47 Å². The third-order valence-corrected chi connectivity index (χ3v) is 3.51. The molecule has 0 fully saturated rings. The van der Waals surface area contributed by atoms with E-state index < -0.39 is 0 Å². The Balaban J connectivity index is 1.92. The van der Waals surface area contributed by atoms with Gasteiger partial charge in [0.15, 0.2) is 0 Å². The van der Waals surface area contributed by atoms with Crippen molar-refractivity contribution in [2.75, 3.05) is 6.61 Å². The molecule has 1 aromatic carbocycles. The van der Waals surface area contributed by atoms with Crippen molar-refractivity contribution in [3.05, 3.63) is 66.0 Å². The summed E-state index contributed by atoms with van der Waals surface area (Å²) in [4.78, 5) is 16.2. The number of ether oxygens (including phenoxy) is 2. The van der Waals surface area contributed by atoms with Crippen LogP contribution in [0.2, 0.25) is 0 Å². The summed E-state index contributed by atoms with van der Waals surface area (Å²) in [6.07, 6.45) is 3.69. The number of aromatic nitrogens is 1. The van der Waals surface area contributed by atoms with Gasteiger partial charge in [-0.1, -0.05) is 24.3 Å². The zero-order chi connectivity index (χ0) is 15.4. The van der Waals surface area contributed by atoms with E-state index >= 15 is 0 Å². The molecule has 1 atom stereocenters. The molecule has 2 heterocycles. The van der Waals surface area contributed by atoms with E-state index in [0.717, 1.165) is 29.0 Å². The van der Waals surface area contributed by atoms with Crippen LogP contribution in [0.1, 0.15) is 18.2 Å². The van der Waals surface area contributed by atoms with Gasteiger partial charge in [-0.15, -0.1) is 0 Å². The van der Waals surface area contributed by atoms with Crippen LogP contribution in [0.25, 0.3) is 5.57 Å². The summed E-state index contributed by atoms with van der Waals surface area (Å²) in [6, 6.07) is 13.5. The third-order valence-electron chi connectivity index (χ3n) is 3.51. The SMILES string of the molecule is CCOC(=O)C=C(c1ccccn1)C1Cc2ccccc2O1. The minimum absolute atomic E-state index is 0.225. The second kappa shape index (κ2) is 6.43. The first-order valence-corrected chi connectivity index (χ1v) is 7.32. The van der Waals surface area contributed by atoms with Crippen LogP contribution in [0.5, 0.6) is 5.75 Å². The molecule has 0 radical (unpaired) electrons. The maximum atomic E-state index is 11.9. The molecule has 0 aliphatic carbocycles. The lowest BCUT2D eigenvalue weighted by Gasteiger charge is -2.15. The summed E-state index contributed by atoms with van der Waals surface area (Å²) in [5.74, 6) is 0.487. The number of esters is 1. The summed E-state index contributed by atoms with van der Waals surface area (Å²) in [5, 5.41) is 0. The quantitative estimate of drug-likeness (QED) is 0.642. The van der Waals surface area contributed by atoms with Crippen LogP contribution in [-0.2, 0) is 16.0 Å². The summed E-state index contributed by atoms with van der Waals surface area (Å²) in [5.41, 5.74) is 2.61. The minimum Gasteiger partial charge on any atom is -0.485 e. The Morgan fingerprint density at radius 1 is 1.32 bits per heavy atom. The number of carbonyl (C=O) groups excluding carboxylic acids is 1. The number of benzene rings is 1. The molecule has 22 heavy (non-hydrogen) atoms. The molecule has 0 saturated heterocycles. The van der Waals surface area contributed by atoms with Crippen molar-refractivity contribution in [1.82, 2.24) is 4.98 Å². The van der Waals surface area contributed by atoms with Gasteiger partial charge in [0, 0.05) is 24.3 Å². The normalized spacial score (nSPS) is 16.8. The molecule has 2 aromatic rings. The molecule has 0 spiro atoms. The third kappa shape index (κ3) is 3.01. The van der Waals surface area contributed by atoms with E-state index in [2.05, 4.69) is 4.98 Å². The fourth-order valence-electron chi connectivity index (χ4n) is 2.53. The first kappa shape index (κ1) is 14.3. The van der Waals surface area contributed by atoms with Gasteiger partial charge >= 0.3 is 5.97 Å². The van der Waals surface area contributed by atoms with Gasteiger partial charge in [-0.05, 0) is 30.7 Å². The molecule has 4 heteroatoms. The fraction of sp³-hybridized carbons (Fsp3) is 0.222. The van der Waals surface area contributed by atoms with Gasteiger partial charge in [0.2, 0.25) is 0 Å². The van der Waals surface area contributed by atoms with Crippen LogP contribution in [-0.4, -0.2) is 23.7 Å². The Hall–Kier alpha value is -2.62.